The van der Waals surface area contributed by atoms with Gasteiger partial charge in [-0.25, -0.2) is 14.0 Å². The predicted octanol–water partition coefficient (Wildman–Crippen LogP) is 4.00. The maximum atomic E-state index is 13.8. The van der Waals surface area contributed by atoms with E-state index in [-0.39, 0.29) is 11.3 Å². The van der Waals surface area contributed by atoms with Gasteiger partial charge in [0.25, 0.3) is 5.79 Å². The molecular formula is C19H23FO5. The molecule has 1 aliphatic heterocycles. The molecule has 0 aliphatic carbocycles. The van der Waals surface area contributed by atoms with Crippen molar-refractivity contribution in [3.05, 3.63) is 35.2 Å². The maximum Gasteiger partial charge on any atom is 0.348 e. The van der Waals surface area contributed by atoms with Gasteiger partial charge >= 0.3 is 11.9 Å². The molecule has 0 atom stereocenters. The lowest BCUT2D eigenvalue weighted by atomic mass is 10.1. The van der Waals surface area contributed by atoms with Gasteiger partial charge in [-0.3, -0.25) is 0 Å². The van der Waals surface area contributed by atoms with E-state index in [0.717, 1.165) is 25.7 Å². The van der Waals surface area contributed by atoms with Crippen molar-refractivity contribution in [3.63, 3.8) is 0 Å². The summed E-state index contributed by atoms with van der Waals surface area (Å²) in [5, 5.41) is 0. The largest absolute Gasteiger partial charge is 0.490 e. The fraction of sp³-hybridized carbons (Fsp3) is 0.474. The Morgan fingerprint density at radius 1 is 1.12 bits per heavy atom. The highest BCUT2D eigenvalue weighted by atomic mass is 19.1. The van der Waals surface area contributed by atoms with Gasteiger partial charge in [0.1, 0.15) is 5.57 Å². The van der Waals surface area contributed by atoms with Crippen LogP contribution in [-0.4, -0.2) is 24.3 Å². The average Bonchev–Trinajstić information content (AvgIpc) is 2.52. The molecule has 1 aliphatic rings. The summed E-state index contributed by atoms with van der Waals surface area (Å²) in [6, 6.07) is 4.13. The van der Waals surface area contributed by atoms with Crippen LogP contribution < -0.4 is 4.74 Å². The van der Waals surface area contributed by atoms with Crippen LogP contribution in [0.5, 0.6) is 5.75 Å². The number of carbonyl (C=O) groups excluding carboxylic acids is 2. The van der Waals surface area contributed by atoms with Crippen LogP contribution >= 0.6 is 0 Å². The van der Waals surface area contributed by atoms with E-state index in [1.54, 1.807) is 0 Å². The molecule has 136 valence electrons. The minimum Gasteiger partial charge on any atom is -0.490 e. The van der Waals surface area contributed by atoms with Crippen LogP contribution in [0.25, 0.3) is 6.08 Å². The molecule has 0 radical (unpaired) electrons. The van der Waals surface area contributed by atoms with Crippen LogP contribution in [0.4, 0.5) is 4.39 Å². The van der Waals surface area contributed by atoms with Crippen molar-refractivity contribution in [2.24, 2.45) is 0 Å². The normalized spacial score (nSPS) is 16.2. The number of ether oxygens (including phenoxy) is 3. The highest BCUT2D eigenvalue weighted by Gasteiger charge is 2.38. The van der Waals surface area contributed by atoms with E-state index < -0.39 is 23.5 Å². The Kier molecular flexibility index (Phi) is 6.17. The fourth-order valence-corrected chi connectivity index (χ4v) is 2.38. The molecule has 2 rings (SSSR count). The molecule has 5 nitrogen and oxygen atoms in total. The molecule has 6 heteroatoms. The van der Waals surface area contributed by atoms with Gasteiger partial charge in [-0.1, -0.05) is 32.3 Å². The first-order valence-corrected chi connectivity index (χ1v) is 8.43. The van der Waals surface area contributed by atoms with Crippen molar-refractivity contribution in [2.75, 3.05) is 6.61 Å². The van der Waals surface area contributed by atoms with Gasteiger partial charge in [-0.2, -0.15) is 0 Å². The molecule has 1 fully saturated rings. The Morgan fingerprint density at radius 2 is 1.80 bits per heavy atom. The lowest BCUT2D eigenvalue weighted by Gasteiger charge is -2.29. The molecule has 1 aromatic rings. The van der Waals surface area contributed by atoms with Crippen LogP contribution in [0.15, 0.2) is 23.8 Å². The molecule has 0 bridgehead atoms. The molecule has 1 saturated heterocycles. The number of cyclic esters (lactones) is 2. The highest BCUT2D eigenvalue weighted by Crippen LogP contribution is 2.26. The second kappa shape index (κ2) is 8.14. The second-order valence-corrected chi connectivity index (χ2v) is 6.34. The van der Waals surface area contributed by atoms with E-state index in [2.05, 4.69) is 6.92 Å². The monoisotopic (exact) mass is 350 g/mol. The standard InChI is InChI=1S/C19H23FO5/c1-4-5-6-7-10-23-16-12-13(8-9-15(16)20)11-14-17(21)24-19(2,3)25-18(14)22/h8-9,11-12H,4-7,10H2,1-3H3. The summed E-state index contributed by atoms with van der Waals surface area (Å²) in [6.07, 6.45) is 5.39. The van der Waals surface area contributed by atoms with Gasteiger partial charge in [0.15, 0.2) is 11.6 Å². The first-order valence-electron chi connectivity index (χ1n) is 8.43. The number of halogens is 1. The molecule has 25 heavy (non-hydrogen) atoms. The average molecular weight is 350 g/mol. The van der Waals surface area contributed by atoms with E-state index in [4.69, 9.17) is 14.2 Å². The van der Waals surface area contributed by atoms with Gasteiger partial charge in [-0.15, -0.1) is 0 Å². The summed E-state index contributed by atoms with van der Waals surface area (Å²) in [5.41, 5.74) is 0.216. The molecular weight excluding hydrogens is 327 g/mol. The number of benzene rings is 1. The Labute approximate surface area is 146 Å². The first kappa shape index (κ1) is 19.0. The maximum absolute atomic E-state index is 13.8. The quantitative estimate of drug-likeness (QED) is 0.322. The van der Waals surface area contributed by atoms with Crippen molar-refractivity contribution in [1.82, 2.24) is 0 Å². The third-order valence-corrected chi connectivity index (χ3v) is 3.64. The number of rotatable bonds is 7. The summed E-state index contributed by atoms with van der Waals surface area (Å²) in [6.45, 7) is 5.47. The van der Waals surface area contributed by atoms with Crippen LogP contribution in [-0.2, 0) is 19.1 Å². The van der Waals surface area contributed by atoms with Crippen LogP contribution in [0, 0.1) is 5.82 Å². The van der Waals surface area contributed by atoms with Crippen LogP contribution in [0.2, 0.25) is 0 Å². The minimum atomic E-state index is -1.29. The summed E-state index contributed by atoms with van der Waals surface area (Å²) in [4.78, 5) is 23.9. The van der Waals surface area contributed by atoms with Crippen LogP contribution in [0.3, 0.4) is 0 Å². The number of esters is 2. The van der Waals surface area contributed by atoms with Gasteiger partial charge in [-0.05, 0) is 30.2 Å². The predicted molar refractivity (Wildman–Crippen MR) is 90.3 cm³/mol. The summed E-state index contributed by atoms with van der Waals surface area (Å²) < 4.78 is 29.4. The van der Waals surface area contributed by atoms with Crippen molar-refractivity contribution >= 4 is 18.0 Å². The summed E-state index contributed by atoms with van der Waals surface area (Å²) >= 11 is 0. The zero-order valence-corrected chi connectivity index (χ0v) is 14.8. The molecule has 0 spiro atoms. The SMILES string of the molecule is CCCCCCOc1cc(C=C2C(=O)OC(C)(C)OC2=O)ccc1F. The number of unbranched alkanes of at least 4 members (excludes halogenated alkanes) is 3. The molecule has 1 heterocycles. The lowest BCUT2D eigenvalue weighted by molar-refractivity contribution is -0.222. The molecule has 0 aromatic heterocycles. The van der Waals surface area contributed by atoms with Gasteiger partial charge < -0.3 is 14.2 Å². The van der Waals surface area contributed by atoms with E-state index >= 15 is 0 Å². The second-order valence-electron chi connectivity index (χ2n) is 6.34. The topological polar surface area (TPSA) is 61.8 Å². The smallest absolute Gasteiger partial charge is 0.348 e. The third-order valence-electron chi connectivity index (χ3n) is 3.64. The number of hydrogen-bond acceptors (Lipinski definition) is 5. The van der Waals surface area contributed by atoms with Crippen molar-refractivity contribution in [2.45, 2.75) is 52.2 Å². The van der Waals surface area contributed by atoms with Crippen LogP contribution in [0.1, 0.15) is 52.0 Å². The summed E-state index contributed by atoms with van der Waals surface area (Å²) in [5.74, 6) is -3.24. The Bertz CT molecular complexity index is 656. The molecule has 0 saturated carbocycles. The van der Waals surface area contributed by atoms with Crippen molar-refractivity contribution < 1.29 is 28.2 Å². The fourth-order valence-electron chi connectivity index (χ4n) is 2.38. The van der Waals surface area contributed by atoms with Gasteiger partial charge in [0.2, 0.25) is 0 Å². The summed E-state index contributed by atoms with van der Waals surface area (Å²) in [7, 11) is 0. The van der Waals surface area contributed by atoms with E-state index in [1.165, 1.54) is 38.1 Å². The zero-order chi connectivity index (χ0) is 18.4. The van der Waals surface area contributed by atoms with Crippen molar-refractivity contribution in [1.29, 1.82) is 0 Å². The van der Waals surface area contributed by atoms with E-state index in [9.17, 15) is 14.0 Å². The lowest BCUT2D eigenvalue weighted by Crippen LogP contribution is -2.41. The number of hydrogen-bond donors (Lipinski definition) is 0. The van der Waals surface area contributed by atoms with Gasteiger partial charge in [0.05, 0.1) is 6.61 Å². The Morgan fingerprint density at radius 3 is 2.44 bits per heavy atom. The van der Waals surface area contributed by atoms with E-state index in [1.807, 2.05) is 0 Å². The molecule has 0 N–H and O–H groups in total. The van der Waals surface area contributed by atoms with Gasteiger partial charge in [0, 0.05) is 13.8 Å². The first-order chi connectivity index (χ1) is 11.8. The third kappa shape index (κ3) is 5.31. The Hall–Kier alpha value is -2.37. The molecule has 0 unspecified atom stereocenters. The van der Waals surface area contributed by atoms with Crippen molar-refractivity contribution in [3.8, 4) is 5.75 Å². The Balaban J connectivity index is 2.11. The minimum absolute atomic E-state index is 0.0868. The zero-order valence-electron chi connectivity index (χ0n) is 14.8. The van der Waals surface area contributed by atoms with E-state index in [0.29, 0.717) is 12.2 Å². The highest BCUT2D eigenvalue weighted by molar-refractivity contribution is 6.18. The number of carbonyl (C=O) groups is 2. The molecule has 0 amide bonds. The molecule has 1 aromatic carbocycles.